The number of carbonyl (C=O) groups is 1. The second-order valence-corrected chi connectivity index (χ2v) is 5.55. The molecule has 0 fully saturated rings. The molecule has 0 aliphatic carbocycles. The zero-order valence-electron chi connectivity index (χ0n) is 13.0. The Labute approximate surface area is 129 Å². The number of nitrogens with one attached hydrogen (secondary N) is 1. The fraction of sp³-hybridized carbons (Fsp3) is 0.500. The number of hydrogen-bond donors (Lipinski definition) is 1. The molecule has 3 rings (SSSR count). The van der Waals surface area contributed by atoms with Crippen molar-refractivity contribution in [1.29, 1.82) is 0 Å². The number of hydrogen-bond acceptors (Lipinski definition) is 5. The number of furan rings is 1. The first kappa shape index (κ1) is 14.8. The number of nitrogens with zero attached hydrogens (tertiary/aromatic N) is 2. The highest BCUT2D eigenvalue weighted by atomic mass is 16.5. The Balaban J connectivity index is 1.54. The van der Waals surface area contributed by atoms with E-state index in [2.05, 4.69) is 21.1 Å². The van der Waals surface area contributed by atoms with Gasteiger partial charge in [-0.25, -0.2) is 9.78 Å². The van der Waals surface area contributed by atoms with Gasteiger partial charge in [0.15, 0.2) is 0 Å². The second-order valence-electron chi connectivity index (χ2n) is 5.55. The summed E-state index contributed by atoms with van der Waals surface area (Å²) in [7, 11) is 0. The highest BCUT2D eigenvalue weighted by molar-refractivity contribution is 5.86. The number of carbonyl (C=O) groups excluding carboxylic acids is 1. The van der Waals surface area contributed by atoms with E-state index in [-0.39, 0.29) is 5.76 Å². The van der Waals surface area contributed by atoms with E-state index in [0.29, 0.717) is 19.2 Å². The van der Waals surface area contributed by atoms with Crippen molar-refractivity contribution in [2.45, 2.75) is 45.8 Å². The summed E-state index contributed by atoms with van der Waals surface area (Å²) in [5.41, 5.74) is 1.07. The van der Waals surface area contributed by atoms with E-state index in [1.807, 2.05) is 13.0 Å². The maximum Gasteiger partial charge on any atom is 0.374 e. The molecule has 0 radical (unpaired) electrons. The van der Waals surface area contributed by atoms with Gasteiger partial charge in [-0.15, -0.1) is 0 Å². The predicted molar refractivity (Wildman–Crippen MR) is 80.6 cm³/mol. The van der Waals surface area contributed by atoms with Crippen molar-refractivity contribution >= 4 is 5.97 Å². The number of rotatable bonds is 5. The number of esters is 1. The summed E-state index contributed by atoms with van der Waals surface area (Å²) in [6, 6.07) is 3.86. The van der Waals surface area contributed by atoms with Crippen molar-refractivity contribution < 1.29 is 13.9 Å². The van der Waals surface area contributed by atoms with E-state index in [0.717, 1.165) is 36.7 Å². The highest BCUT2D eigenvalue weighted by Crippen LogP contribution is 2.16. The smallest absolute Gasteiger partial charge is 0.374 e. The molecule has 0 bridgehead atoms. The number of aromatic nitrogens is 2. The molecule has 0 saturated heterocycles. The third-order valence-electron chi connectivity index (χ3n) is 3.82. The van der Waals surface area contributed by atoms with Gasteiger partial charge in [0.1, 0.15) is 11.6 Å². The van der Waals surface area contributed by atoms with Gasteiger partial charge in [-0.1, -0.05) is 0 Å². The van der Waals surface area contributed by atoms with Gasteiger partial charge in [-0.3, -0.25) is 0 Å². The number of ether oxygens (including phenoxy) is 1. The molecule has 3 heterocycles. The Kier molecular flexibility index (Phi) is 4.29. The molecule has 2 aromatic rings. The standard InChI is InChI=1S/C16H21N3O3/c1-3-21-16(20)14-6-5-13(22-14)8-17-12-4-7-15-18-11(2)9-19(15)10-12/h5-6,9,12,17H,3-4,7-8,10H2,1-2H3/t12-/m1/s1. The maximum absolute atomic E-state index is 11.6. The van der Waals surface area contributed by atoms with Crippen LogP contribution in [0.4, 0.5) is 0 Å². The molecule has 0 spiro atoms. The third-order valence-corrected chi connectivity index (χ3v) is 3.82. The first-order chi connectivity index (χ1) is 10.7. The van der Waals surface area contributed by atoms with Gasteiger partial charge in [0.25, 0.3) is 0 Å². The van der Waals surface area contributed by atoms with Crippen LogP contribution < -0.4 is 5.32 Å². The average Bonchev–Trinajstić information content (AvgIpc) is 3.10. The van der Waals surface area contributed by atoms with E-state index < -0.39 is 5.97 Å². The molecular weight excluding hydrogens is 282 g/mol. The third kappa shape index (κ3) is 3.22. The lowest BCUT2D eigenvalue weighted by atomic mass is 10.1. The fourth-order valence-electron chi connectivity index (χ4n) is 2.78. The molecule has 22 heavy (non-hydrogen) atoms. The summed E-state index contributed by atoms with van der Waals surface area (Å²) in [5.74, 6) is 1.76. The van der Waals surface area contributed by atoms with Crippen LogP contribution in [-0.4, -0.2) is 28.2 Å². The van der Waals surface area contributed by atoms with Gasteiger partial charge in [-0.05, 0) is 32.4 Å². The summed E-state index contributed by atoms with van der Waals surface area (Å²) in [4.78, 5) is 16.1. The van der Waals surface area contributed by atoms with Crippen LogP contribution in [0.5, 0.6) is 0 Å². The quantitative estimate of drug-likeness (QED) is 0.856. The van der Waals surface area contributed by atoms with Gasteiger partial charge in [0, 0.05) is 25.2 Å². The van der Waals surface area contributed by atoms with Crippen molar-refractivity contribution in [3.63, 3.8) is 0 Å². The normalized spacial score (nSPS) is 17.3. The number of aryl methyl sites for hydroxylation is 2. The summed E-state index contributed by atoms with van der Waals surface area (Å²) >= 11 is 0. The van der Waals surface area contributed by atoms with Crippen LogP contribution in [-0.2, 0) is 24.2 Å². The van der Waals surface area contributed by atoms with Crippen molar-refractivity contribution in [3.8, 4) is 0 Å². The van der Waals surface area contributed by atoms with Gasteiger partial charge < -0.3 is 19.0 Å². The topological polar surface area (TPSA) is 69.3 Å². The number of fused-ring (bicyclic) bond motifs is 1. The minimum atomic E-state index is -0.412. The zero-order valence-corrected chi connectivity index (χ0v) is 13.0. The maximum atomic E-state index is 11.6. The Morgan fingerprint density at radius 1 is 1.55 bits per heavy atom. The van der Waals surface area contributed by atoms with E-state index in [1.165, 1.54) is 0 Å². The van der Waals surface area contributed by atoms with Crippen molar-refractivity contribution in [1.82, 2.24) is 14.9 Å². The first-order valence-corrected chi connectivity index (χ1v) is 7.67. The van der Waals surface area contributed by atoms with Gasteiger partial charge in [-0.2, -0.15) is 0 Å². The van der Waals surface area contributed by atoms with Gasteiger partial charge >= 0.3 is 5.97 Å². The van der Waals surface area contributed by atoms with Crippen LogP contribution in [0.2, 0.25) is 0 Å². The molecule has 6 heteroatoms. The molecule has 1 aliphatic heterocycles. The second kappa shape index (κ2) is 6.36. The van der Waals surface area contributed by atoms with Gasteiger partial charge in [0.2, 0.25) is 5.76 Å². The lowest BCUT2D eigenvalue weighted by molar-refractivity contribution is 0.0487. The summed E-state index contributed by atoms with van der Waals surface area (Å²) in [5, 5.41) is 3.48. The molecule has 1 aliphatic rings. The summed E-state index contributed by atoms with van der Waals surface area (Å²) < 4.78 is 12.6. The van der Waals surface area contributed by atoms with Crippen LogP contribution in [0, 0.1) is 6.92 Å². The molecule has 1 N–H and O–H groups in total. The van der Waals surface area contributed by atoms with Crippen LogP contribution in [0.3, 0.4) is 0 Å². The minimum absolute atomic E-state index is 0.259. The van der Waals surface area contributed by atoms with E-state index in [4.69, 9.17) is 9.15 Å². The van der Waals surface area contributed by atoms with E-state index in [9.17, 15) is 4.79 Å². The molecule has 0 amide bonds. The Morgan fingerprint density at radius 3 is 3.23 bits per heavy atom. The fourth-order valence-corrected chi connectivity index (χ4v) is 2.78. The van der Waals surface area contributed by atoms with Crippen molar-refractivity contribution in [2.75, 3.05) is 6.61 Å². The van der Waals surface area contributed by atoms with Crippen LogP contribution in [0.15, 0.2) is 22.7 Å². The van der Waals surface area contributed by atoms with Crippen LogP contribution in [0.25, 0.3) is 0 Å². The van der Waals surface area contributed by atoms with E-state index in [1.54, 1.807) is 13.0 Å². The Hall–Kier alpha value is -2.08. The van der Waals surface area contributed by atoms with Crippen LogP contribution in [0.1, 0.15) is 41.2 Å². The van der Waals surface area contributed by atoms with Crippen molar-refractivity contribution in [3.05, 3.63) is 41.4 Å². The Bertz CT molecular complexity index is 659. The average molecular weight is 303 g/mol. The molecule has 0 aromatic carbocycles. The van der Waals surface area contributed by atoms with E-state index >= 15 is 0 Å². The van der Waals surface area contributed by atoms with Crippen molar-refractivity contribution in [2.24, 2.45) is 0 Å². The highest BCUT2D eigenvalue weighted by Gasteiger charge is 2.20. The summed E-state index contributed by atoms with van der Waals surface area (Å²) in [6.45, 7) is 5.67. The first-order valence-electron chi connectivity index (χ1n) is 7.67. The molecule has 0 unspecified atom stereocenters. The number of imidazole rings is 1. The lowest BCUT2D eigenvalue weighted by Crippen LogP contribution is -2.36. The molecule has 2 aromatic heterocycles. The molecule has 0 saturated carbocycles. The lowest BCUT2D eigenvalue weighted by Gasteiger charge is -2.24. The Morgan fingerprint density at radius 2 is 2.41 bits per heavy atom. The molecule has 1 atom stereocenters. The summed E-state index contributed by atoms with van der Waals surface area (Å²) in [6.07, 6.45) is 4.13. The largest absolute Gasteiger partial charge is 0.460 e. The van der Waals surface area contributed by atoms with Gasteiger partial charge in [0.05, 0.1) is 18.8 Å². The zero-order chi connectivity index (χ0) is 15.5. The monoisotopic (exact) mass is 303 g/mol. The molecule has 118 valence electrons. The molecule has 6 nitrogen and oxygen atoms in total. The SMILES string of the molecule is CCOC(=O)c1ccc(CN[C@@H]2CCc3nc(C)cn3C2)o1. The predicted octanol–water partition coefficient (Wildman–Crippen LogP) is 2.07. The van der Waals surface area contributed by atoms with Crippen LogP contribution >= 0.6 is 0 Å². The molecular formula is C16H21N3O3. The minimum Gasteiger partial charge on any atom is -0.460 e.